The number of ether oxygens (including phenoxy) is 1. The second-order valence-corrected chi connectivity index (χ2v) is 5.64. The number of amides is 2. The van der Waals surface area contributed by atoms with Crippen LogP contribution in [0.1, 0.15) is 16.8 Å². The first-order chi connectivity index (χ1) is 11.7. The summed E-state index contributed by atoms with van der Waals surface area (Å²) in [5.41, 5.74) is 0.571. The van der Waals surface area contributed by atoms with Gasteiger partial charge in [0.2, 0.25) is 0 Å². The van der Waals surface area contributed by atoms with Crippen LogP contribution in [0.4, 0.5) is 0 Å². The van der Waals surface area contributed by atoms with Crippen molar-refractivity contribution in [3.8, 4) is 5.75 Å². The topological polar surface area (TPSA) is 71.5 Å². The molecule has 0 aliphatic carbocycles. The maximum atomic E-state index is 12.2. The molecule has 0 radical (unpaired) electrons. The van der Waals surface area contributed by atoms with Crippen LogP contribution >= 0.6 is 0 Å². The third-order valence-corrected chi connectivity index (χ3v) is 3.92. The molecule has 1 aromatic carbocycles. The van der Waals surface area contributed by atoms with Crippen molar-refractivity contribution >= 4 is 11.8 Å². The number of pyridine rings is 1. The second kappa shape index (κ2) is 7.59. The number of carbonyl (C=O) groups is 2. The smallest absolute Gasteiger partial charge is 0.260 e. The van der Waals surface area contributed by atoms with Gasteiger partial charge >= 0.3 is 0 Å². The molecular weight excluding hydrogens is 306 g/mol. The zero-order chi connectivity index (χ0) is 16.8. The van der Waals surface area contributed by atoms with E-state index in [2.05, 4.69) is 10.3 Å². The van der Waals surface area contributed by atoms with Gasteiger partial charge in [-0.3, -0.25) is 14.6 Å². The number of hydrogen-bond donors (Lipinski definition) is 1. The Labute approximate surface area is 140 Å². The molecule has 1 aliphatic rings. The summed E-state index contributed by atoms with van der Waals surface area (Å²) in [6.07, 6.45) is 3.91. The first-order valence-corrected chi connectivity index (χ1v) is 7.89. The molecular formula is C18H19N3O3. The number of benzene rings is 1. The SMILES string of the molecule is O=C(NC1CCN(C(=O)COc2ccccc2)C1)c1ccncc1. The number of carbonyl (C=O) groups excluding carboxylic acids is 2. The molecule has 2 aromatic rings. The highest BCUT2D eigenvalue weighted by Gasteiger charge is 2.27. The summed E-state index contributed by atoms with van der Waals surface area (Å²) in [5, 5.41) is 2.95. The number of aromatic nitrogens is 1. The molecule has 0 saturated carbocycles. The highest BCUT2D eigenvalue weighted by molar-refractivity contribution is 5.94. The highest BCUT2D eigenvalue weighted by atomic mass is 16.5. The lowest BCUT2D eigenvalue weighted by Crippen LogP contribution is -2.39. The molecule has 1 aliphatic heterocycles. The van der Waals surface area contributed by atoms with E-state index in [1.807, 2.05) is 30.3 Å². The van der Waals surface area contributed by atoms with Crippen LogP contribution in [0.3, 0.4) is 0 Å². The van der Waals surface area contributed by atoms with Crippen LogP contribution in [0.15, 0.2) is 54.9 Å². The van der Waals surface area contributed by atoms with Crippen LogP contribution in [0.5, 0.6) is 5.75 Å². The van der Waals surface area contributed by atoms with Crippen LogP contribution in [0.2, 0.25) is 0 Å². The van der Waals surface area contributed by atoms with Gasteiger partial charge in [-0.05, 0) is 30.7 Å². The van der Waals surface area contributed by atoms with Crippen molar-refractivity contribution in [2.24, 2.45) is 0 Å². The van der Waals surface area contributed by atoms with E-state index in [1.165, 1.54) is 0 Å². The number of hydrogen-bond acceptors (Lipinski definition) is 4. The second-order valence-electron chi connectivity index (χ2n) is 5.64. The minimum atomic E-state index is -0.141. The van der Waals surface area contributed by atoms with Crippen molar-refractivity contribution in [1.82, 2.24) is 15.2 Å². The van der Waals surface area contributed by atoms with Crippen LogP contribution in [-0.2, 0) is 4.79 Å². The molecule has 1 fully saturated rings. The maximum Gasteiger partial charge on any atom is 0.260 e. The third kappa shape index (κ3) is 4.10. The van der Waals surface area contributed by atoms with E-state index < -0.39 is 0 Å². The number of nitrogens with zero attached hydrogens (tertiary/aromatic N) is 2. The lowest BCUT2D eigenvalue weighted by molar-refractivity contribution is -0.132. The Morgan fingerprint density at radius 1 is 1.17 bits per heavy atom. The van der Waals surface area contributed by atoms with Crippen molar-refractivity contribution < 1.29 is 14.3 Å². The molecule has 0 bridgehead atoms. The fourth-order valence-corrected chi connectivity index (χ4v) is 2.63. The summed E-state index contributed by atoms with van der Waals surface area (Å²) in [6, 6.07) is 12.5. The average molecular weight is 325 g/mol. The predicted molar refractivity (Wildman–Crippen MR) is 88.6 cm³/mol. The number of nitrogens with one attached hydrogen (secondary N) is 1. The summed E-state index contributed by atoms with van der Waals surface area (Å²) < 4.78 is 5.48. The van der Waals surface area contributed by atoms with Crippen molar-refractivity contribution in [3.05, 3.63) is 60.4 Å². The maximum absolute atomic E-state index is 12.2. The van der Waals surface area contributed by atoms with Gasteiger partial charge in [-0.25, -0.2) is 0 Å². The number of para-hydroxylation sites is 1. The fraction of sp³-hybridized carbons (Fsp3) is 0.278. The van der Waals surface area contributed by atoms with Gasteiger partial charge in [-0.15, -0.1) is 0 Å². The first kappa shape index (κ1) is 16.0. The Bertz CT molecular complexity index is 691. The number of rotatable bonds is 5. The molecule has 1 atom stereocenters. The van der Waals surface area contributed by atoms with Crippen LogP contribution in [-0.4, -0.2) is 47.4 Å². The Balaban J connectivity index is 1.46. The Morgan fingerprint density at radius 2 is 1.92 bits per heavy atom. The van der Waals surface area contributed by atoms with Crippen LogP contribution in [0, 0.1) is 0 Å². The standard InChI is InChI=1S/C18H19N3O3/c22-17(13-24-16-4-2-1-3-5-16)21-11-8-15(12-21)20-18(23)14-6-9-19-10-7-14/h1-7,9-10,15H,8,11-13H2,(H,20,23). The van der Waals surface area contributed by atoms with Gasteiger partial charge in [0.25, 0.3) is 11.8 Å². The molecule has 3 rings (SSSR count). The minimum Gasteiger partial charge on any atom is -0.484 e. The third-order valence-electron chi connectivity index (χ3n) is 3.92. The van der Waals surface area contributed by atoms with Crippen molar-refractivity contribution in [2.45, 2.75) is 12.5 Å². The van der Waals surface area contributed by atoms with Crippen molar-refractivity contribution in [2.75, 3.05) is 19.7 Å². The van der Waals surface area contributed by atoms with E-state index in [1.54, 1.807) is 29.4 Å². The van der Waals surface area contributed by atoms with Gasteiger partial charge in [0.1, 0.15) is 5.75 Å². The molecule has 6 nitrogen and oxygen atoms in total. The van der Waals surface area contributed by atoms with Gasteiger partial charge < -0.3 is 15.0 Å². The van der Waals surface area contributed by atoms with E-state index in [9.17, 15) is 9.59 Å². The first-order valence-electron chi connectivity index (χ1n) is 7.89. The van der Waals surface area contributed by atoms with Crippen molar-refractivity contribution in [1.29, 1.82) is 0 Å². The van der Waals surface area contributed by atoms with Gasteiger partial charge in [0.15, 0.2) is 6.61 Å². The van der Waals surface area contributed by atoms with Gasteiger partial charge in [0.05, 0.1) is 0 Å². The molecule has 24 heavy (non-hydrogen) atoms. The zero-order valence-corrected chi connectivity index (χ0v) is 13.2. The van der Waals surface area contributed by atoms with Crippen LogP contribution in [0.25, 0.3) is 0 Å². The summed E-state index contributed by atoms with van der Waals surface area (Å²) >= 11 is 0. The highest BCUT2D eigenvalue weighted by Crippen LogP contribution is 2.12. The summed E-state index contributed by atoms with van der Waals surface area (Å²) in [4.78, 5) is 29.9. The Morgan fingerprint density at radius 3 is 2.67 bits per heavy atom. The number of likely N-dealkylation sites (tertiary alicyclic amines) is 1. The molecule has 1 N–H and O–H groups in total. The molecule has 2 amide bonds. The largest absolute Gasteiger partial charge is 0.484 e. The van der Waals surface area contributed by atoms with Crippen LogP contribution < -0.4 is 10.1 Å². The average Bonchev–Trinajstić information content (AvgIpc) is 3.10. The summed E-state index contributed by atoms with van der Waals surface area (Å²) in [6.45, 7) is 1.14. The van der Waals surface area contributed by atoms with E-state index in [0.29, 0.717) is 24.4 Å². The summed E-state index contributed by atoms with van der Waals surface area (Å²) in [7, 11) is 0. The zero-order valence-electron chi connectivity index (χ0n) is 13.2. The minimum absolute atomic E-state index is 0.00896. The summed E-state index contributed by atoms with van der Waals surface area (Å²) in [5.74, 6) is 0.462. The van der Waals surface area contributed by atoms with E-state index in [0.717, 1.165) is 6.42 Å². The lowest BCUT2D eigenvalue weighted by Gasteiger charge is -2.17. The van der Waals surface area contributed by atoms with Gasteiger partial charge in [-0.1, -0.05) is 18.2 Å². The van der Waals surface area contributed by atoms with E-state index >= 15 is 0 Å². The molecule has 2 heterocycles. The lowest BCUT2D eigenvalue weighted by atomic mass is 10.2. The van der Waals surface area contributed by atoms with Crippen molar-refractivity contribution in [3.63, 3.8) is 0 Å². The Hall–Kier alpha value is -2.89. The van der Waals surface area contributed by atoms with Gasteiger partial charge in [0, 0.05) is 37.1 Å². The Kier molecular flexibility index (Phi) is 5.05. The quantitative estimate of drug-likeness (QED) is 0.904. The molecule has 0 spiro atoms. The van der Waals surface area contributed by atoms with E-state index in [4.69, 9.17) is 4.74 Å². The molecule has 124 valence electrons. The predicted octanol–water partition coefficient (Wildman–Crippen LogP) is 1.49. The normalized spacial score (nSPS) is 16.7. The monoisotopic (exact) mass is 325 g/mol. The molecule has 1 unspecified atom stereocenters. The van der Waals surface area contributed by atoms with E-state index in [-0.39, 0.29) is 24.5 Å². The molecule has 6 heteroatoms. The molecule has 1 saturated heterocycles. The molecule has 1 aromatic heterocycles. The fourth-order valence-electron chi connectivity index (χ4n) is 2.63. The van der Waals surface area contributed by atoms with Gasteiger partial charge in [-0.2, -0.15) is 0 Å².